The van der Waals surface area contributed by atoms with Crippen molar-refractivity contribution in [2.24, 2.45) is 10.9 Å². The second kappa shape index (κ2) is 9.03. The predicted octanol–water partition coefficient (Wildman–Crippen LogP) is 4.35. The first-order valence-electron chi connectivity index (χ1n) is 7.54. The first kappa shape index (κ1) is 18.7. The van der Waals surface area contributed by atoms with Crippen LogP contribution in [-0.4, -0.2) is 23.8 Å². The molecule has 0 heterocycles. The Morgan fingerprint density at radius 3 is 2.67 bits per heavy atom. The van der Waals surface area contributed by atoms with E-state index in [9.17, 15) is 9.90 Å². The highest BCUT2D eigenvalue weighted by Gasteiger charge is 2.18. The Labute approximate surface area is 160 Å². The highest BCUT2D eigenvalue weighted by molar-refractivity contribution is 14.1. The molecule has 2 aromatic carbocycles. The summed E-state index contributed by atoms with van der Waals surface area (Å²) in [7, 11) is 0. The van der Waals surface area contributed by atoms with Gasteiger partial charge in [-0.3, -0.25) is 9.79 Å². The zero-order valence-electron chi connectivity index (χ0n) is 13.2. The van der Waals surface area contributed by atoms with Gasteiger partial charge in [-0.05, 0) is 77.9 Å². The average molecular weight is 457 g/mol. The van der Waals surface area contributed by atoms with Gasteiger partial charge in [-0.1, -0.05) is 17.7 Å². The number of aliphatic imine (C=N–C) groups is 1. The van der Waals surface area contributed by atoms with Gasteiger partial charge < -0.3 is 10.4 Å². The van der Waals surface area contributed by atoms with Gasteiger partial charge in [0.15, 0.2) is 0 Å². The van der Waals surface area contributed by atoms with Gasteiger partial charge in [0.25, 0.3) is 0 Å². The van der Waals surface area contributed by atoms with Crippen molar-refractivity contribution in [3.05, 3.63) is 56.6 Å². The number of carbonyl (C=O) groups excluding carboxylic acids is 1. The van der Waals surface area contributed by atoms with Gasteiger partial charge in [-0.15, -0.1) is 0 Å². The van der Waals surface area contributed by atoms with Crippen molar-refractivity contribution in [3.63, 3.8) is 0 Å². The minimum absolute atomic E-state index is 0.101. The number of amides is 1. The van der Waals surface area contributed by atoms with Crippen LogP contribution in [0.25, 0.3) is 0 Å². The van der Waals surface area contributed by atoms with Crippen LogP contribution in [0.3, 0.4) is 0 Å². The lowest BCUT2D eigenvalue weighted by molar-refractivity contribution is -0.122. The van der Waals surface area contributed by atoms with Gasteiger partial charge in [-0.2, -0.15) is 0 Å². The van der Waals surface area contributed by atoms with E-state index in [-0.39, 0.29) is 11.7 Å². The number of phenolic OH excluding ortho intramolecular Hbond substituents is 1. The van der Waals surface area contributed by atoms with Crippen molar-refractivity contribution in [1.82, 2.24) is 5.32 Å². The zero-order chi connectivity index (χ0) is 17.5. The Morgan fingerprint density at radius 2 is 2.04 bits per heavy atom. The first-order valence-corrected chi connectivity index (χ1v) is 9.00. The number of benzene rings is 2. The molecule has 0 saturated carbocycles. The molecule has 1 unspecified atom stereocenters. The predicted molar refractivity (Wildman–Crippen MR) is 106 cm³/mol. The Hall–Kier alpha value is -1.60. The summed E-state index contributed by atoms with van der Waals surface area (Å²) in [6, 6.07) is 12.5. The maximum Gasteiger partial charge on any atom is 0.228 e. The number of carbonyl (C=O) groups is 1. The lowest BCUT2D eigenvalue weighted by atomic mass is 9.99. The van der Waals surface area contributed by atoms with Gasteiger partial charge in [0.1, 0.15) is 5.75 Å². The van der Waals surface area contributed by atoms with Crippen LogP contribution in [0.1, 0.15) is 12.5 Å². The number of phenols is 1. The molecule has 0 aromatic heterocycles. The van der Waals surface area contributed by atoms with Crippen LogP contribution in [0.4, 0.5) is 5.69 Å². The molecule has 0 fully saturated rings. The number of nitrogens with zero attached hydrogens (tertiary/aromatic N) is 1. The van der Waals surface area contributed by atoms with E-state index in [1.807, 2.05) is 31.2 Å². The number of halogens is 2. The summed E-state index contributed by atoms with van der Waals surface area (Å²) in [5.74, 6) is -0.437. The lowest BCUT2D eigenvalue weighted by Gasteiger charge is -2.13. The van der Waals surface area contributed by atoms with Crippen LogP contribution < -0.4 is 5.32 Å². The molecule has 0 aliphatic carbocycles. The molecular weight excluding hydrogens is 439 g/mol. The molecule has 0 spiro atoms. The number of rotatable bonds is 6. The largest absolute Gasteiger partial charge is 0.508 e. The first-order chi connectivity index (χ1) is 11.5. The summed E-state index contributed by atoms with van der Waals surface area (Å²) in [5.41, 5.74) is 1.58. The van der Waals surface area contributed by atoms with E-state index < -0.39 is 5.92 Å². The molecule has 0 saturated heterocycles. The van der Waals surface area contributed by atoms with Crippen molar-refractivity contribution >= 4 is 52.0 Å². The van der Waals surface area contributed by atoms with Crippen LogP contribution >= 0.6 is 34.2 Å². The van der Waals surface area contributed by atoms with Crippen molar-refractivity contribution in [3.8, 4) is 5.75 Å². The van der Waals surface area contributed by atoms with Gasteiger partial charge >= 0.3 is 0 Å². The fraction of sp³-hybridized carbons (Fsp3) is 0.222. The van der Waals surface area contributed by atoms with Crippen LogP contribution in [0.2, 0.25) is 5.02 Å². The van der Waals surface area contributed by atoms with Crippen LogP contribution in [-0.2, 0) is 11.2 Å². The Balaban J connectivity index is 2.20. The molecule has 1 amide bonds. The second-order valence-corrected chi connectivity index (χ2v) is 6.89. The smallest absolute Gasteiger partial charge is 0.228 e. The summed E-state index contributed by atoms with van der Waals surface area (Å²) in [6.07, 6.45) is 2.06. The minimum Gasteiger partial charge on any atom is -0.508 e. The van der Waals surface area contributed by atoms with Gasteiger partial charge in [-0.25, -0.2) is 0 Å². The van der Waals surface area contributed by atoms with E-state index in [0.717, 1.165) is 14.8 Å². The Morgan fingerprint density at radius 1 is 1.33 bits per heavy atom. The molecule has 4 nitrogen and oxygen atoms in total. The van der Waals surface area contributed by atoms with E-state index in [2.05, 4.69) is 32.9 Å². The molecule has 2 aromatic rings. The molecular formula is C18H18ClIN2O2. The molecule has 0 aliphatic rings. The van der Waals surface area contributed by atoms with Gasteiger partial charge in [0.05, 0.1) is 11.6 Å². The van der Waals surface area contributed by atoms with Crippen LogP contribution in [0, 0.1) is 9.49 Å². The monoisotopic (exact) mass is 456 g/mol. The maximum atomic E-state index is 12.3. The molecule has 2 N–H and O–H groups in total. The average Bonchev–Trinajstić information content (AvgIpc) is 2.55. The van der Waals surface area contributed by atoms with Crippen molar-refractivity contribution in [2.45, 2.75) is 13.3 Å². The van der Waals surface area contributed by atoms with Gasteiger partial charge in [0, 0.05) is 21.4 Å². The highest BCUT2D eigenvalue weighted by Crippen LogP contribution is 2.24. The summed E-state index contributed by atoms with van der Waals surface area (Å²) in [5, 5.41) is 12.7. The summed E-state index contributed by atoms with van der Waals surface area (Å²) in [4.78, 5) is 16.7. The number of nitrogens with one attached hydrogen (secondary N) is 1. The maximum absolute atomic E-state index is 12.3. The van der Waals surface area contributed by atoms with E-state index in [4.69, 9.17) is 11.6 Å². The van der Waals surface area contributed by atoms with Crippen LogP contribution in [0.15, 0.2) is 47.5 Å². The van der Waals surface area contributed by atoms with E-state index in [0.29, 0.717) is 18.0 Å². The van der Waals surface area contributed by atoms with E-state index in [1.165, 1.54) is 6.07 Å². The molecule has 0 aliphatic heterocycles. The zero-order valence-corrected chi connectivity index (χ0v) is 16.1. The normalized spacial score (nSPS) is 12.3. The fourth-order valence-corrected chi connectivity index (χ4v) is 2.77. The van der Waals surface area contributed by atoms with Gasteiger partial charge in [0.2, 0.25) is 5.91 Å². The minimum atomic E-state index is -0.439. The molecule has 0 bridgehead atoms. The third-order valence-corrected chi connectivity index (χ3v) is 4.47. The second-order valence-electron chi connectivity index (χ2n) is 5.24. The van der Waals surface area contributed by atoms with Crippen molar-refractivity contribution in [2.75, 3.05) is 6.54 Å². The molecule has 2 rings (SSSR count). The topological polar surface area (TPSA) is 61.7 Å². The summed E-state index contributed by atoms with van der Waals surface area (Å²) in [6.45, 7) is 2.43. The molecule has 1 atom stereocenters. The SMILES string of the molecule is CCNC(=O)C(C=Nc1ccc(I)cc1)Cc1ccc(O)cc1Cl. The van der Waals surface area contributed by atoms with Crippen molar-refractivity contribution in [1.29, 1.82) is 0 Å². The van der Waals surface area contributed by atoms with Crippen LogP contribution in [0.5, 0.6) is 5.75 Å². The molecule has 0 radical (unpaired) electrons. The molecule has 126 valence electrons. The summed E-state index contributed by atoms with van der Waals surface area (Å²) >= 11 is 8.38. The third-order valence-electron chi connectivity index (χ3n) is 3.39. The van der Waals surface area contributed by atoms with E-state index in [1.54, 1.807) is 18.3 Å². The standard InChI is InChI=1S/C18H18ClIN2O2/c1-2-21-18(24)13(9-12-3-8-16(23)10-17(12)19)11-22-15-6-4-14(20)5-7-15/h3-8,10-11,13,23H,2,9H2,1H3,(H,21,24). The highest BCUT2D eigenvalue weighted by atomic mass is 127. The lowest BCUT2D eigenvalue weighted by Crippen LogP contribution is -2.32. The van der Waals surface area contributed by atoms with Crippen molar-refractivity contribution < 1.29 is 9.90 Å². The molecule has 6 heteroatoms. The molecule has 24 heavy (non-hydrogen) atoms. The quantitative estimate of drug-likeness (QED) is 0.501. The summed E-state index contributed by atoms with van der Waals surface area (Å²) < 4.78 is 1.13. The number of hydrogen-bond donors (Lipinski definition) is 2. The van der Waals surface area contributed by atoms with E-state index >= 15 is 0 Å². The Bertz CT molecular complexity index is 732. The Kier molecular flexibility index (Phi) is 7.05. The third kappa shape index (κ3) is 5.49. The number of aromatic hydroxyl groups is 1. The number of hydrogen-bond acceptors (Lipinski definition) is 3. The fourth-order valence-electron chi connectivity index (χ4n) is 2.16.